The topological polar surface area (TPSA) is 66.5 Å². The third-order valence-electron chi connectivity index (χ3n) is 3.12. The molecular formula is C15H24N2O3S. The number of amides is 1. The first-order valence-electron chi connectivity index (χ1n) is 7.10. The van der Waals surface area contributed by atoms with E-state index < -0.39 is 10.0 Å². The molecule has 0 aromatic heterocycles. The van der Waals surface area contributed by atoms with Gasteiger partial charge in [-0.1, -0.05) is 43.2 Å². The van der Waals surface area contributed by atoms with Gasteiger partial charge in [0, 0.05) is 13.1 Å². The minimum atomic E-state index is -3.43. The maximum atomic E-state index is 11.8. The first-order valence-corrected chi connectivity index (χ1v) is 8.95. The summed E-state index contributed by atoms with van der Waals surface area (Å²) >= 11 is 0. The fourth-order valence-corrected chi connectivity index (χ4v) is 2.54. The maximum Gasteiger partial charge on any atom is 0.235 e. The fourth-order valence-electron chi connectivity index (χ4n) is 1.81. The number of hydrogen-bond acceptors (Lipinski definition) is 3. The number of nitrogens with zero attached hydrogens (tertiary/aromatic N) is 1. The van der Waals surface area contributed by atoms with Crippen LogP contribution in [0.15, 0.2) is 24.3 Å². The van der Waals surface area contributed by atoms with Gasteiger partial charge in [0.2, 0.25) is 15.9 Å². The lowest BCUT2D eigenvalue weighted by atomic mass is 10.1. The van der Waals surface area contributed by atoms with E-state index in [-0.39, 0.29) is 19.0 Å². The van der Waals surface area contributed by atoms with Crippen molar-refractivity contribution in [3.8, 4) is 0 Å². The van der Waals surface area contributed by atoms with Crippen LogP contribution >= 0.6 is 0 Å². The van der Waals surface area contributed by atoms with Crippen molar-refractivity contribution in [2.75, 3.05) is 19.3 Å². The summed E-state index contributed by atoms with van der Waals surface area (Å²) < 4.78 is 24.8. The van der Waals surface area contributed by atoms with E-state index in [1.165, 1.54) is 4.31 Å². The number of rotatable bonds is 8. The molecule has 5 nitrogen and oxygen atoms in total. The number of unbranched alkanes of at least 4 members (excludes halogenated alkanes) is 1. The molecule has 6 heteroatoms. The smallest absolute Gasteiger partial charge is 0.235 e. The highest BCUT2D eigenvalue weighted by molar-refractivity contribution is 7.88. The molecule has 1 rings (SSSR count). The monoisotopic (exact) mass is 312 g/mol. The standard InChI is InChI=1S/C15H24N2O3S/c1-4-5-10-16-15(18)12-17(21(3,19)20)11-14-8-6-13(2)7-9-14/h6-9H,4-5,10-12H2,1-3H3,(H,16,18). The second kappa shape index (κ2) is 8.14. The van der Waals surface area contributed by atoms with Crippen molar-refractivity contribution in [1.82, 2.24) is 9.62 Å². The third kappa shape index (κ3) is 6.73. The summed E-state index contributed by atoms with van der Waals surface area (Å²) in [7, 11) is -3.43. The van der Waals surface area contributed by atoms with Crippen molar-refractivity contribution in [2.24, 2.45) is 0 Å². The van der Waals surface area contributed by atoms with Crippen LogP contribution in [0.1, 0.15) is 30.9 Å². The number of benzene rings is 1. The maximum absolute atomic E-state index is 11.8. The lowest BCUT2D eigenvalue weighted by Gasteiger charge is -2.19. The van der Waals surface area contributed by atoms with Crippen LogP contribution in [0, 0.1) is 6.92 Å². The molecule has 0 radical (unpaired) electrons. The van der Waals surface area contributed by atoms with Crippen LogP contribution in [-0.4, -0.2) is 38.0 Å². The molecule has 0 saturated carbocycles. The van der Waals surface area contributed by atoms with Crippen LogP contribution in [0.4, 0.5) is 0 Å². The van der Waals surface area contributed by atoms with Gasteiger partial charge in [-0.05, 0) is 18.9 Å². The van der Waals surface area contributed by atoms with Crippen molar-refractivity contribution in [2.45, 2.75) is 33.2 Å². The molecule has 21 heavy (non-hydrogen) atoms. The highest BCUT2D eigenvalue weighted by atomic mass is 32.2. The molecule has 0 saturated heterocycles. The molecular weight excluding hydrogens is 288 g/mol. The van der Waals surface area contributed by atoms with E-state index in [1.54, 1.807) is 0 Å². The average molecular weight is 312 g/mol. The van der Waals surface area contributed by atoms with Crippen molar-refractivity contribution in [3.05, 3.63) is 35.4 Å². The first kappa shape index (κ1) is 17.7. The molecule has 0 aliphatic rings. The molecule has 0 atom stereocenters. The van der Waals surface area contributed by atoms with Crippen LogP contribution in [0.25, 0.3) is 0 Å². The van der Waals surface area contributed by atoms with E-state index in [0.717, 1.165) is 30.2 Å². The van der Waals surface area contributed by atoms with Crippen LogP contribution in [0.2, 0.25) is 0 Å². The van der Waals surface area contributed by atoms with Crippen molar-refractivity contribution in [1.29, 1.82) is 0 Å². The van der Waals surface area contributed by atoms with Gasteiger partial charge in [-0.3, -0.25) is 4.79 Å². The predicted molar refractivity (Wildman–Crippen MR) is 84.4 cm³/mol. The minimum Gasteiger partial charge on any atom is -0.355 e. The van der Waals surface area contributed by atoms with Gasteiger partial charge in [-0.15, -0.1) is 0 Å². The number of aryl methyl sites for hydroxylation is 1. The van der Waals surface area contributed by atoms with Gasteiger partial charge in [0.15, 0.2) is 0 Å². The lowest BCUT2D eigenvalue weighted by molar-refractivity contribution is -0.121. The van der Waals surface area contributed by atoms with E-state index in [0.29, 0.717) is 6.54 Å². The van der Waals surface area contributed by atoms with Gasteiger partial charge >= 0.3 is 0 Å². The summed E-state index contributed by atoms with van der Waals surface area (Å²) in [6.07, 6.45) is 3.00. The Kier molecular flexibility index (Phi) is 6.84. The Bertz CT molecular complexity index is 553. The Morgan fingerprint density at radius 2 is 1.86 bits per heavy atom. The van der Waals surface area contributed by atoms with Gasteiger partial charge in [0.1, 0.15) is 0 Å². The van der Waals surface area contributed by atoms with Gasteiger partial charge < -0.3 is 5.32 Å². The molecule has 0 aliphatic carbocycles. The summed E-state index contributed by atoms with van der Waals surface area (Å²) in [6, 6.07) is 7.61. The highest BCUT2D eigenvalue weighted by Gasteiger charge is 2.20. The zero-order chi connectivity index (χ0) is 15.9. The van der Waals surface area contributed by atoms with Crippen LogP contribution in [-0.2, 0) is 21.4 Å². The second-order valence-electron chi connectivity index (χ2n) is 5.22. The van der Waals surface area contributed by atoms with Gasteiger partial charge in [-0.2, -0.15) is 4.31 Å². The minimum absolute atomic E-state index is 0.142. The number of nitrogens with one attached hydrogen (secondary N) is 1. The van der Waals surface area contributed by atoms with Crippen LogP contribution < -0.4 is 5.32 Å². The molecule has 0 aliphatic heterocycles. The Morgan fingerprint density at radius 1 is 1.24 bits per heavy atom. The number of sulfonamides is 1. The van der Waals surface area contributed by atoms with Crippen LogP contribution in [0.5, 0.6) is 0 Å². The first-order chi connectivity index (χ1) is 9.82. The van der Waals surface area contributed by atoms with Gasteiger partial charge in [0.25, 0.3) is 0 Å². The third-order valence-corrected chi connectivity index (χ3v) is 4.32. The molecule has 0 bridgehead atoms. The lowest BCUT2D eigenvalue weighted by Crippen LogP contribution is -2.40. The summed E-state index contributed by atoms with van der Waals surface area (Å²) in [5, 5.41) is 2.74. The largest absolute Gasteiger partial charge is 0.355 e. The highest BCUT2D eigenvalue weighted by Crippen LogP contribution is 2.09. The number of hydrogen-bond donors (Lipinski definition) is 1. The van der Waals surface area contributed by atoms with E-state index in [1.807, 2.05) is 38.1 Å². The quantitative estimate of drug-likeness (QED) is 0.743. The summed E-state index contributed by atoms with van der Waals surface area (Å²) in [4.78, 5) is 11.8. The second-order valence-corrected chi connectivity index (χ2v) is 7.20. The zero-order valence-electron chi connectivity index (χ0n) is 12.9. The average Bonchev–Trinajstić information content (AvgIpc) is 2.40. The Labute approximate surface area is 127 Å². The predicted octanol–water partition coefficient (Wildman–Crippen LogP) is 1.67. The van der Waals surface area contributed by atoms with E-state index >= 15 is 0 Å². The van der Waals surface area contributed by atoms with Crippen molar-refractivity contribution < 1.29 is 13.2 Å². The van der Waals surface area contributed by atoms with Gasteiger partial charge in [0.05, 0.1) is 12.8 Å². The normalized spacial score (nSPS) is 11.6. The van der Waals surface area contributed by atoms with Crippen LogP contribution in [0.3, 0.4) is 0 Å². The molecule has 1 N–H and O–H groups in total. The summed E-state index contributed by atoms with van der Waals surface area (Å²) in [6.45, 7) is 4.65. The molecule has 1 aromatic carbocycles. The summed E-state index contributed by atoms with van der Waals surface area (Å²) in [5.41, 5.74) is 1.98. The molecule has 1 aromatic rings. The Balaban J connectivity index is 2.69. The molecule has 0 fully saturated rings. The zero-order valence-corrected chi connectivity index (χ0v) is 13.7. The Hall–Kier alpha value is -1.40. The number of carbonyl (C=O) groups is 1. The molecule has 0 unspecified atom stereocenters. The summed E-state index contributed by atoms with van der Waals surface area (Å²) in [5.74, 6) is -0.263. The SMILES string of the molecule is CCCCNC(=O)CN(Cc1ccc(C)cc1)S(C)(=O)=O. The number of carbonyl (C=O) groups excluding carboxylic acids is 1. The molecule has 0 spiro atoms. The Morgan fingerprint density at radius 3 is 2.38 bits per heavy atom. The molecule has 0 heterocycles. The molecule has 118 valence electrons. The van der Waals surface area contributed by atoms with E-state index in [2.05, 4.69) is 5.32 Å². The van der Waals surface area contributed by atoms with Crippen molar-refractivity contribution in [3.63, 3.8) is 0 Å². The molecule has 1 amide bonds. The van der Waals surface area contributed by atoms with Crippen molar-refractivity contribution >= 4 is 15.9 Å². The van der Waals surface area contributed by atoms with E-state index in [9.17, 15) is 13.2 Å². The van der Waals surface area contributed by atoms with Gasteiger partial charge in [-0.25, -0.2) is 8.42 Å². The fraction of sp³-hybridized carbons (Fsp3) is 0.533. The van der Waals surface area contributed by atoms with E-state index in [4.69, 9.17) is 0 Å².